The van der Waals surface area contributed by atoms with Gasteiger partial charge in [0.1, 0.15) is 0 Å². The minimum absolute atomic E-state index is 0.103. The van der Waals surface area contributed by atoms with Gasteiger partial charge in [-0.15, -0.1) is 11.3 Å². The van der Waals surface area contributed by atoms with Gasteiger partial charge >= 0.3 is 0 Å². The number of hydrogen-bond acceptors (Lipinski definition) is 4. The number of methoxy groups -OCH3 is 1. The Morgan fingerprint density at radius 2 is 2.50 bits per heavy atom. The summed E-state index contributed by atoms with van der Waals surface area (Å²) in [6, 6.07) is 4.28. The molecule has 4 nitrogen and oxygen atoms in total. The summed E-state index contributed by atoms with van der Waals surface area (Å²) in [5.74, 6) is 0.127. The molecule has 0 radical (unpaired) electrons. The molecule has 2 rings (SSSR count). The maximum Gasteiger partial charge on any atom is 0.220 e. The SMILES string of the molecule is CO[C@@H]1CNCC1NC(=O)CCCc1cccs1. The van der Waals surface area contributed by atoms with Crippen LogP contribution in [0.3, 0.4) is 0 Å². The topological polar surface area (TPSA) is 50.4 Å². The first kappa shape index (κ1) is 13.5. The standard InChI is InChI=1S/C13H20N2O2S/c1-17-12-9-14-8-11(12)15-13(16)6-2-4-10-5-3-7-18-10/h3,5,7,11-12,14H,2,4,6,8-9H2,1H3,(H,15,16)/t11?,12-/m1/s1. The van der Waals surface area contributed by atoms with Crippen molar-refractivity contribution >= 4 is 17.2 Å². The van der Waals surface area contributed by atoms with Crippen LogP contribution in [0.5, 0.6) is 0 Å². The van der Waals surface area contributed by atoms with Crippen molar-refractivity contribution in [2.75, 3.05) is 20.2 Å². The number of hydrogen-bond donors (Lipinski definition) is 2. The molecule has 1 aromatic rings. The molecule has 1 aliphatic heterocycles. The van der Waals surface area contributed by atoms with Crippen LogP contribution in [0, 0.1) is 0 Å². The smallest absolute Gasteiger partial charge is 0.220 e. The number of thiophene rings is 1. The van der Waals surface area contributed by atoms with E-state index in [1.165, 1.54) is 4.88 Å². The molecule has 1 aromatic heterocycles. The molecule has 1 aliphatic rings. The molecule has 1 unspecified atom stereocenters. The van der Waals surface area contributed by atoms with Crippen LogP contribution in [-0.2, 0) is 16.0 Å². The molecule has 2 heterocycles. The Morgan fingerprint density at radius 3 is 3.22 bits per heavy atom. The fourth-order valence-electron chi connectivity index (χ4n) is 2.20. The zero-order valence-electron chi connectivity index (χ0n) is 10.6. The molecular formula is C13H20N2O2S. The van der Waals surface area contributed by atoms with E-state index in [0.717, 1.165) is 25.9 Å². The van der Waals surface area contributed by atoms with E-state index in [2.05, 4.69) is 22.1 Å². The predicted octanol–water partition coefficient (Wildman–Crippen LogP) is 1.17. The van der Waals surface area contributed by atoms with Gasteiger partial charge in [-0.3, -0.25) is 4.79 Å². The van der Waals surface area contributed by atoms with Crippen LogP contribution in [0.15, 0.2) is 17.5 Å². The summed E-state index contributed by atoms with van der Waals surface area (Å²) >= 11 is 1.75. The van der Waals surface area contributed by atoms with Crippen molar-refractivity contribution in [2.45, 2.75) is 31.4 Å². The molecule has 1 saturated heterocycles. The molecule has 2 N–H and O–H groups in total. The fourth-order valence-corrected chi connectivity index (χ4v) is 2.95. The second-order valence-corrected chi connectivity index (χ2v) is 5.57. The summed E-state index contributed by atoms with van der Waals surface area (Å²) < 4.78 is 5.31. The van der Waals surface area contributed by atoms with Gasteiger partial charge in [0.15, 0.2) is 0 Å². The molecule has 1 amide bonds. The highest BCUT2D eigenvalue weighted by atomic mass is 32.1. The highest BCUT2D eigenvalue weighted by Gasteiger charge is 2.27. The van der Waals surface area contributed by atoms with E-state index in [0.29, 0.717) is 6.42 Å². The first-order valence-corrected chi connectivity index (χ1v) is 7.23. The van der Waals surface area contributed by atoms with Gasteiger partial charge in [-0.25, -0.2) is 0 Å². The van der Waals surface area contributed by atoms with Crippen molar-refractivity contribution in [3.63, 3.8) is 0 Å². The summed E-state index contributed by atoms with van der Waals surface area (Å²) in [7, 11) is 1.69. The van der Waals surface area contributed by atoms with E-state index < -0.39 is 0 Å². The molecule has 0 aliphatic carbocycles. The third kappa shape index (κ3) is 3.80. The maximum absolute atomic E-state index is 11.8. The second-order valence-electron chi connectivity index (χ2n) is 4.54. The van der Waals surface area contributed by atoms with Gasteiger partial charge in [0.05, 0.1) is 12.1 Å². The minimum atomic E-state index is 0.103. The Balaban J connectivity index is 1.65. The maximum atomic E-state index is 11.8. The number of nitrogens with one attached hydrogen (secondary N) is 2. The quantitative estimate of drug-likeness (QED) is 0.814. The highest BCUT2D eigenvalue weighted by molar-refractivity contribution is 7.09. The van der Waals surface area contributed by atoms with Gasteiger partial charge in [-0.2, -0.15) is 0 Å². The Kier molecular flexibility index (Phi) is 5.16. The van der Waals surface area contributed by atoms with Crippen LogP contribution in [-0.4, -0.2) is 38.3 Å². The van der Waals surface area contributed by atoms with Crippen LogP contribution in [0.25, 0.3) is 0 Å². The number of carbonyl (C=O) groups is 1. The van der Waals surface area contributed by atoms with Crippen molar-refractivity contribution < 1.29 is 9.53 Å². The minimum Gasteiger partial charge on any atom is -0.378 e. The monoisotopic (exact) mass is 268 g/mol. The molecule has 5 heteroatoms. The lowest BCUT2D eigenvalue weighted by Gasteiger charge is -2.18. The average molecular weight is 268 g/mol. The fraction of sp³-hybridized carbons (Fsp3) is 0.615. The number of rotatable bonds is 6. The summed E-state index contributed by atoms with van der Waals surface area (Å²) in [5, 5.41) is 8.33. The zero-order chi connectivity index (χ0) is 12.8. The van der Waals surface area contributed by atoms with Crippen LogP contribution in [0.2, 0.25) is 0 Å². The van der Waals surface area contributed by atoms with E-state index in [1.807, 2.05) is 6.07 Å². The van der Waals surface area contributed by atoms with Crippen molar-refractivity contribution in [1.82, 2.24) is 10.6 Å². The molecular weight excluding hydrogens is 248 g/mol. The lowest BCUT2D eigenvalue weighted by Crippen LogP contribution is -2.43. The van der Waals surface area contributed by atoms with Crippen molar-refractivity contribution in [2.24, 2.45) is 0 Å². The molecule has 2 atom stereocenters. The lowest BCUT2D eigenvalue weighted by molar-refractivity contribution is -0.122. The van der Waals surface area contributed by atoms with Crippen molar-refractivity contribution in [1.29, 1.82) is 0 Å². The van der Waals surface area contributed by atoms with Gasteiger partial charge in [0.2, 0.25) is 5.91 Å². The molecule has 0 aromatic carbocycles. The molecule has 0 spiro atoms. The molecule has 100 valence electrons. The van der Waals surface area contributed by atoms with E-state index in [1.54, 1.807) is 18.4 Å². The molecule has 18 heavy (non-hydrogen) atoms. The van der Waals surface area contributed by atoms with Crippen LogP contribution >= 0.6 is 11.3 Å². The summed E-state index contributed by atoms with van der Waals surface area (Å²) in [4.78, 5) is 13.1. The second kappa shape index (κ2) is 6.87. The number of ether oxygens (including phenoxy) is 1. The van der Waals surface area contributed by atoms with Gasteiger partial charge in [-0.05, 0) is 24.3 Å². The van der Waals surface area contributed by atoms with Crippen LogP contribution in [0.1, 0.15) is 17.7 Å². The largest absolute Gasteiger partial charge is 0.378 e. The van der Waals surface area contributed by atoms with Gasteiger partial charge in [0.25, 0.3) is 0 Å². The Labute approximate surface area is 112 Å². The number of carbonyl (C=O) groups excluding carboxylic acids is 1. The third-order valence-electron chi connectivity index (χ3n) is 3.21. The highest BCUT2D eigenvalue weighted by Crippen LogP contribution is 2.12. The summed E-state index contributed by atoms with van der Waals surface area (Å²) in [6.07, 6.45) is 2.59. The third-order valence-corrected chi connectivity index (χ3v) is 4.15. The zero-order valence-corrected chi connectivity index (χ0v) is 11.5. The predicted molar refractivity (Wildman–Crippen MR) is 72.9 cm³/mol. The first-order valence-electron chi connectivity index (χ1n) is 6.35. The Hall–Kier alpha value is -0.910. The van der Waals surface area contributed by atoms with Crippen LogP contribution < -0.4 is 10.6 Å². The van der Waals surface area contributed by atoms with Gasteiger partial charge < -0.3 is 15.4 Å². The van der Waals surface area contributed by atoms with Gasteiger partial charge in [-0.1, -0.05) is 6.07 Å². The van der Waals surface area contributed by atoms with E-state index in [9.17, 15) is 4.79 Å². The number of aryl methyl sites for hydroxylation is 1. The average Bonchev–Trinajstić information content (AvgIpc) is 3.00. The summed E-state index contributed by atoms with van der Waals surface area (Å²) in [5.41, 5.74) is 0. The van der Waals surface area contributed by atoms with E-state index in [-0.39, 0.29) is 18.1 Å². The van der Waals surface area contributed by atoms with E-state index in [4.69, 9.17) is 4.74 Å². The summed E-state index contributed by atoms with van der Waals surface area (Å²) in [6.45, 7) is 1.62. The first-order chi connectivity index (χ1) is 8.79. The van der Waals surface area contributed by atoms with Gasteiger partial charge in [0, 0.05) is 31.5 Å². The normalized spacial score (nSPS) is 23.2. The molecule has 0 bridgehead atoms. The number of amides is 1. The Morgan fingerprint density at radius 1 is 1.61 bits per heavy atom. The van der Waals surface area contributed by atoms with Crippen molar-refractivity contribution in [3.8, 4) is 0 Å². The lowest BCUT2D eigenvalue weighted by atomic mass is 10.1. The Bertz CT molecular complexity index is 367. The molecule has 1 fully saturated rings. The van der Waals surface area contributed by atoms with Crippen LogP contribution in [0.4, 0.5) is 0 Å². The van der Waals surface area contributed by atoms with E-state index >= 15 is 0 Å². The van der Waals surface area contributed by atoms with Crippen molar-refractivity contribution in [3.05, 3.63) is 22.4 Å². The molecule has 0 saturated carbocycles.